The highest BCUT2D eigenvalue weighted by atomic mass is 16.5. The molecule has 1 aliphatic rings. The van der Waals surface area contributed by atoms with Gasteiger partial charge in [0.05, 0.1) is 6.42 Å². The van der Waals surface area contributed by atoms with Crippen LogP contribution in [0.2, 0.25) is 0 Å². The highest BCUT2D eigenvalue weighted by molar-refractivity contribution is 5.82. The highest BCUT2D eigenvalue weighted by Crippen LogP contribution is 2.21. The van der Waals surface area contributed by atoms with Gasteiger partial charge in [-0.3, -0.25) is 9.59 Å². The third-order valence-electron chi connectivity index (χ3n) is 3.14. The van der Waals surface area contributed by atoms with Gasteiger partial charge in [0, 0.05) is 19.0 Å². The number of rotatable bonds is 5. The van der Waals surface area contributed by atoms with E-state index in [9.17, 15) is 9.59 Å². The van der Waals surface area contributed by atoms with E-state index < -0.39 is 12.1 Å². The predicted molar refractivity (Wildman–Crippen MR) is 68.9 cm³/mol. The summed E-state index contributed by atoms with van der Waals surface area (Å²) in [5.74, 6) is -0.174. The van der Waals surface area contributed by atoms with Crippen molar-refractivity contribution in [2.24, 2.45) is 5.92 Å². The van der Waals surface area contributed by atoms with Crippen molar-refractivity contribution in [1.82, 2.24) is 4.90 Å². The Kier molecular flexibility index (Phi) is 4.04. The van der Waals surface area contributed by atoms with Crippen molar-refractivity contribution in [2.45, 2.75) is 19.4 Å². The standard InChI is InChI=1S/C14H17NO4/c1-10(19-12-5-3-2-4-6-12)14(18)15-8-11(9-15)7-13(16)17/h2-6,10-11H,7-9H2,1H3,(H,16,17). The molecule has 1 fully saturated rings. The molecule has 5 heteroatoms. The lowest BCUT2D eigenvalue weighted by molar-refractivity contribution is -0.149. The van der Waals surface area contributed by atoms with Crippen molar-refractivity contribution in [1.29, 1.82) is 0 Å². The van der Waals surface area contributed by atoms with Crippen molar-refractivity contribution in [3.63, 3.8) is 0 Å². The summed E-state index contributed by atoms with van der Waals surface area (Å²) < 4.78 is 5.54. The Bertz CT molecular complexity index is 454. The summed E-state index contributed by atoms with van der Waals surface area (Å²) in [6.07, 6.45) is -0.425. The number of para-hydroxylation sites is 1. The first-order valence-corrected chi connectivity index (χ1v) is 6.28. The third-order valence-corrected chi connectivity index (χ3v) is 3.14. The summed E-state index contributed by atoms with van der Waals surface area (Å²) in [7, 11) is 0. The van der Waals surface area contributed by atoms with Gasteiger partial charge in [0.25, 0.3) is 5.91 Å². The zero-order valence-corrected chi connectivity index (χ0v) is 10.8. The van der Waals surface area contributed by atoms with Crippen molar-refractivity contribution in [3.05, 3.63) is 30.3 Å². The molecule has 1 saturated heterocycles. The molecule has 102 valence electrons. The van der Waals surface area contributed by atoms with Crippen LogP contribution in [-0.4, -0.2) is 41.1 Å². The number of amides is 1. The largest absolute Gasteiger partial charge is 0.481 e. The van der Waals surface area contributed by atoms with Crippen molar-refractivity contribution < 1.29 is 19.4 Å². The fourth-order valence-corrected chi connectivity index (χ4v) is 2.14. The first-order valence-electron chi connectivity index (χ1n) is 6.28. The zero-order chi connectivity index (χ0) is 13.8. The summed E-state index contributed by atoms with van der Waals surface area (Å²) in [6.45, 7) is 2.72. The van der Waals surface area contributed by atoms with Crippen LogP contribution in [0.3, 0.4) is 0 Å². The molecule has 0 spiro atoms. The molecule has 1 aliphatic heterocycles. The van der Waals surface area contributed by atoms with E-state index in [-0.39, 0.29) is 18.2 Å². The van der Waals surface area contributed by atoms with Crippen LogP contribution in [0.1, 0.15) is 13.3 Å². The molecular formula is C14H17NO4. The molecule has 5 nitrogen and oxygen atoms in total. The number of aliphatic carboxylic acids is 1. The Morgan fingerprint density at radius 1 is 1.37 bits per heavy atom. The molecule has 0 aliphatic carbocycles. The maximum absolute atomic E-state index is 12.0. The lowest BCUT2D eigenvalue weighted by atomic mass is 9.96. The third kappa shape index (κ3) is 3.47. The van der Waals surface area contributed by atoms with Gasteiger partial charge >= 0.3 is 5.97 Å². The molecule has 1 N–H and O–H groups in total. The maximum Gasteiger partial charge on any atom is 0.303 e. The summed E-state index contributed by atoms with van der Waals surface area (Å²) in [5.41, 5.74) is 0. The fourth-order valence-electron chi connectivity index (χ4n) is 2.14. The number of carbonyl (C=O) groups excluding carboxylic acids is 1. The second-order valence-electron chi connectivity index (χ2n) is 4.78. The molecule has 0 aromatic heterocycles. The number of carboxylic acid groups (broad SMARTS) is 1. The summed E-state index contributed by atoms with van der Waals surface area (Å²) in [4.78, 5) is 24.2. The number of carbonyl (C=O) groups is 2. The lowest BCUT2D eigenvalue weighted by Gasteiger charge is -2.39. The summed E-state index contributed by atoms with van der Waals surface area (Å²) in [5, 5.41) is 8.65. The molecular weight excluding hydrogens is 246 g/mol. The summed E-state index contributed by atoms with van der Waals surface area (Å²) in [6, 6.07) is 9.17. The van der Waals surface area contributed by atoms with Gasteiger partial charge in [-0.2, -0.15) is 0 Å². The molecule has 1 aromatic rings. The Hall–Kier alpha value is -2.04. The molecule has 1 heterocycles. The highest BCUT2D eigenvalue weighted by Gasteiger charge is 2.34. The Morgan fingerprint density at radius 2 is 2.00 bits per heavy atom. The van der Waals surface area contributed by atoms with E-state index in [0.717, 1.165) is 0 Å². The van der Waals surface area contributed by atoms with Gasteiger partial charge in [-0.15, -0.1) is 0 Å². The normalized spacial score (nSPS) is 16.6. The SMILES string of the molecule is CC(Oc1ccccc1)C(=O)N1CC(CC(=O)O)C1. The number of carboxylic acids is 1. The number of hydrogen-bond acceptors (Lipinski definition) is 3. The number of hydrogen-bond donors (Lipinski definition) is 1. The zero-order valence-electron chi connectivity index (χ0n) is 10.8. The molecule has 1 atom stereocenters. The van der Waals surface area contributed by atoms with Gasteiger partial charge in [-0.25, -0.2) is 0 Å². The van der Waals surface area contributed by atoms with Crippen LogP contribution in [0.25, 0.3) is 0 Å². The first kappa shape index (κ1) is 13.4. The molecule has 19 heavy (non-hydrogen) atoms. The smallest absolute Gasteiger partial charge is 0.303 e. The van der Waals surface area contributed by atoms with Gasteiger partial charge in [0.1, 0.15) is 5.75 Å². The monoisotopic (exact) mass is 263 g/mol. The molecule has 2 rings (SSSR count). The van der Waals surface area contributed by atoms with E-state index in [2.05, 4.69) is 0 Å². The van der Waals surface area contributed by atoms with Crippen LogP contribution in [-0.2, 0) is 9.59 Å². The van der Waals surface area contributed by atoms with Crippen LogP contribution in [0.15, 0.2) is 30.3 Å². The molecule has 1 unspecified atom stereocenters. The van der Waals surface area contributed by atoms with E-state index in [1.54, 1.807) is 24.0 Å². The molecule has 0 radical (unpaired) electrons. The van der Waals surface area contributed by atoms with Gasteiger partial charge in [0.15, 0.2) is 6.10 Å². The van der Waals surface area contributed by atoms with Crippen molar-refractivity contribution in [2.75, 3.05) is 13.1 Å². The number of ether oxygens (including phenoxy) is 1. The van der Waals surface area contributed by atoms with E-state index >= 15 is 0 Å². The van der Waals surface area contributed by atoms with Gasteiger partial charge in [0.2, 0.25) is 0 Å². The lowest BCUT2D eigenvalue weighted by Crippen LogP contribution is -2.54. The number of benzene rings is 1. The summed E-state index contributed by atoms with van der Waals surface area (Å²) >= 11 is 0. The van der Waals surface area contributed by atoms with Gasteiger partial charge in [-0.05, 0) is 19.1 Å². The van der Waals surface area contributed by atoms with Crippen LogP contribution in [0.5, 0.6) is 5.75 Å². The minimum Gasteiger partial charge on any atom is -0.481 e. The maximum atomic E-state index is 12.0. The number of likely N-dealkylation sites (tertiary alicyclic amines) is 1. The van der Waals surface area contributed by atoms with Crippen LogP contribution in [0, 0.1) is 5.92 Å². The molecule has 1 amide bonds. The second kappa shape index (κ2) is 5.73. The van der Waals surface area contributed by atoms with E-state index in [1.165, 1.54) is 0 Å². The predicted octanol–water partition coefficient (Wildman–Crippen LogP) is 1.39. The van der Waals surface area contributed by atoms with Crippen LogP contribution >= 0.6 is 0 Å². The fraction of sp³-hybridized carbons (Fsp3) is 0.429. The average Bonchev–Trinajstić information content (AvgIpc) is 2.33. The first-order chi connectivity index (χ1) is 9.06. The van der Waals surface area contributed by atoms with E-state index in [0.29, 0.717) is 18.8 Å². The minimum atomic E-state index is -0.814. The average molecular weight is 263 g/mol. The Balaban J connectivity index is 1.80. The van der Waals surface area contributed by atoms with E-state index in [4.69, 9.17) is 9.84 Å². The van der Waals surface area contributed by atoms with Crippen LogP contribution in [0.4, 0.5) is 0 Å². The van der Waals surface area contributed by atoms with Gasteiger partial charge in [-0.1, -0.05) is 18.2 Å². The Morgan fingerprint density at radius 3 is 2.58 bits per heavy atom. The number of nitrogens with zero attached hydrogens (tertiary/aromatic N) is 1. The minimum absolute atomic E-state index is 0.0744. The quantitative estimate of drug-likeness (QED) is 0.871. The van der Waals surface area contributed by atoms with Gasteiger partial charge < -0.3 is 14.7 Å². The molecule has 0 saturated carbocycles. The molecule has 0 bridgehead atoms. The second-order valence-corrected chi connectivity index (χ2v) is 4.78. The molecule has 1 aromatic carbocycles. The Labute approximate surface area is 111 Å². The van der Waals surface area contributed by atoms with Crippen LogP contribution < -0.4 is 4.74 Å². The van der Waals surface area contributed by atoms with Crippen molar-refractivity contribution >= 4 is 11.9 Å². The van der Waals surface area contributed by atoms with Crippen molar-refractivity contribution in [3.8, 4) is 5.75 Å². The topological polar surface area (TPSA) is 66.8 Å². The van der Waals surface area contributed by atoms with E-state index in [1.807, 2.05) is 18.2 Å².